The molecule has 1 rings (SSSR count). The summed E-state index contributed by atoms with van der Waals surface area (Å²) in [7, 11) is 0. The molecule has 1 N–H and O–H groups in total. The molecule has 16 heavy (non-hydrogen) atoms. The first-order valence-electron chi connectivity index (χ1n) is 6.50. The van der Waals surface area contributed by atoms with E-state index in [1.54, 1.807) is 0 Å². The van der Waals surface area contributed by atoms with Crippen molar-refractivity contribution in [3.63, 3.8) is 0 Å². The molecule has 1 aliphatic heterocycles. The Morgan fingerprint density at radius 2 is 2.06 bits per heavy atom. The molecule has 2 nitrogen and oxygen atoms in total. The molecule has 94 valence electrons. The lowest BCUT2D eigenvalue weighted by Crippen LogP contribution is -2.36. The second-order valence-corrected chi connectivity index (χ2v) is 6.71. The van der Waals surface area contributed by atoms with Crippen LogP contribution in [0, 0.1) is 11.8 Å². The second kappa shape index (κ2) is 6.53. The van der Waals surface area contributed by atoms with Crippen LogP contribution in [0.3, 0.4) is 0 Å². The van der Waals surface area contributed by atoms with E-state index < -0.39 is 0 Å². The molecule has 0 spiro atoms. The Kier molecular flexibility index (Phi) is 5.67. The average Bonchev–Trinajstić information content (AvgIpc) is 2.60. The Bertz CT molecular complexity index is 236. The first-order valence-corrected chi connectivity index (χ1v) is 7.38. The Balaban J connectivity index is 2.35. The Labute approximate surface area is 105 Å². The van der Waals surface area contributed by atoms with Crippen molar-refractivity contribution in [3.05, 3.63) is 0 Å². The average molecular weight is 242 g/mol. The third-order valence-corrected chi connectivity index (χ3v) is 4.15. The third-order valence-electron chi connectivity index (χ3n) is 3.00. The predicted octanol–water partition coefficient (Wildman–Crippen LogP) is 3.53. The monoisotopic (exact) mass is 242 g/mol. The zero-order valence-electron chi connectivity index (χ0n) is 11.3. The van der Waals surface area contributed by atoms with Gasteiger partial charge in [0.2, 0.25) is 0 Å². The van der Waals surface area contributed by atoms with Gasteiger partial charge in [0.05, 0.1) is 6.54 Å². The van der Waals surface area contributed by atoms with E-state index in [0.29, 0.717) is 17.2 Å². The van der Waals surface area contributed by atoms with Gasteiger partial charge in [-0.2, -0.15) is 0 Å². The van der Waals surface area contributed by atoms with Crippen molar-refractivity contribution in [2.75, 3.05) is 6.54 Å². The second-order valence-electron chi connectivity index (χ2n) is 5.42. The summed E-state index contributed by atoms with van der Waals surface area (Å²) in [5, 5.41) is 5.45. The first kappa shape index (κ1) is 13.9. The van der Waals surface area contributed by atoms with Gasteiger partial charge < -0.3 is 5.32 Å². The zero-order chi connectivity index (χ0) is 12.1. The fraction of sp³-hybridized carbons (Fsp3) is 0.923. The van der Waals surface area contributed by atoms with E-state index in [-0.39, 0.29) is 0 Å². The number of hydrogen-bond donors (Lipinski definition) is 1. The van der Waals surface area contributed by atoms with Crippen molar-refractivity contribution in [1.82, 2.24) is 5.32 Å². The molecule has 2 unspecified atom stereocenters. The molecule has 0 aliphatic carbocycles. The molecule has 0 bridgehead atoms. The summed E-state index contributed by atoms with van der Waals surface area (Å²) >= 11 is 1.94. The number of aliphatic imine (C=N–C) groups is 1. The van der Waals surface area contributed by atoms with Crippen molar-refractivity contribution < 1.29 is 0 Å². The fourth-order valence-corrected chi connectivity index (χ4v) is 3.36. The highest BCUT2D eigenvalue weighted by atomic mass is 32.2. The quantitative estimate of drug-likeness (QED) is 0.797. The standard InChI is InChI=1S/C13H26N2S/c1-6-12(10(4)5)15-13-14-8-11(16-13)7-9(2)3/h9-12H,6-8H2,1-5H3,(H,14,15). The van der Waals surface area contributed by atoms with Crippen LogP contribution < -0.4 is 5.32 Å². The third kappa shape index (κ3) is 4.36. The SMILES string of the molecule is CCC(NC1=NCC(CC(C)C)S1)C(C)C. The van der Waals surface area contributed by atoms with Gasteiger partial charge in [0.25, 0.3) is 0 Å². The maximum Gasteiger partial charge on any atom is 0.157 e. The van der Waals surface area contributed by atoms with Crippen molar-refractivity contribution in [2.45, 2.75) is 58.8 Å². The van der Waals surface area contributed by atoms with Crippen molar-refractivity contribution in [2.24, 2.45) is 16.8 Å². The number of rotatable bonds is 5. The Morgan fingerprint density at radius 3 is 2.56 bits per heavy atom. The topological polar surface area (TPSA) is 24.4 Å². The summed E-state index contributed by atoms with van der Waals surface area (Å²) in [6, 6.07) is 0.573. The van der Waals surface area contributed by atoms with Crippen LogP contribution in [-0.2, 0) is 0 Å². The normalized spacial score (nSPS) is 22.7. The molecule has 0 fully saturated rings. The summed E-state index contributed by atoms with van der Waals surface area (Å²) < 4.78 is 0. The maximum absolute atomic E-state index is 4.61. The minimum absolute atomic E-state index is 0.573. The van der Waals surface area contributed by atoms with Crippen LogP contribution in [0.4, 0.5) is 0 Å². The van der Waals surface area contributed by atoms with Gasteiger partial charge in [-0.25, -0.2) is 0 Å². The summed E-state index contributed by atoms with van der Waals surface area (Å²) in [5.41, 5.74) is 0. The maximum atomic E-state index is 4.61. The van der Waals surface area contributed by atoms with Gasteiger partial charge in [0, 0.05) is 11.3 Å². The van der Waals surface area contributed by atoms with Crippen LogP contribution in [0.25, 0.3) is 0 Å². The van der Waals surface area contributed by atoms with E-state index in [4.69, 9.17) is 0 Å². The molecule has 0 saturated carbocycles. The molecule has 1 heterocycles. The largest absolute Gasteiger partial charge is 0.362 e. The van der Waals surface area contributed by atoms with E-state index in [1.165, 1.54) is 18.0 Å². The van der Waals surface area contributed by atoms with Crippen LogP contribution in [-0.4, -0.2) is 23.0 Å². The van der Waals surface area contributed by atoms with Crippen LogP contribution in [0.1, 0.15) is 47.5 Å². The van der Waals surface area contributed by atoms with E-state index in [1.807, 2.05) is 11.8 Å². The molecule has 0 saturated heterocycles. The van der Waals surface area contributed by atoms with E-state index in [0.717, 1.165) is 12.5 Å². The minimum Gasteiger partial charge on any atom is -0.362 e. The number of nitrogens with zero attached hydrogens (tertiary/aromatic N) is 1. The van der Waals surface area contributed by atoms with Gasteiger partial charge in [-0.15, -0.1) is 0 Å². The van der Waals surface area contributed by atoms with E-state index >= 15 is 0 Å². The lowest BCUT2D eigenvalue weighted by atomic mass is 10.0. The highest BCUT2D eigenvalue weighted by Crippen LogP contribution is 2.26. The Morgan fingerprint density at radius 1 is 1.38 bits per heavy atom. The van der Waals surface area contributed by atoms with Crippen LogP contribution in [0.5, 0.6) is 0 Å². The minimum atomic E-state index is 0.573. The van der Waals surface area contributed by atoms with Crippen molar-refractivity contribution in [1.29, 1.82) is 0 Å². The molecule has 3 heteroatoms. The van der Waals surface area contributed by atoms with Crippen LogP contribution in [0.2, 0.25) is 0 Å². The van der Waals surface area contributed by atoms with Gasteiger partial charge in [0.15, 0.2) is 5.17 Å². The molecule has 0 amide bonds. The molecule has 0 radical (unpaired) electrons. The number of amidine groups is 1. The van der Waals surface area contributed by atoms with Gasteiger partial charge in [0.1, 0.15) is 0 Å². The van der Waals surface area contributed by atoms with Crippen LogP contribution in [0.15, 0.2) is 4.99 Å². The molecule has 1 aliphatic rings. The first-order chi connectivity index (χ1) is 7.52. The van der Waals surface area contributed by atoms with Gasteiger partial charge in [-0.1, -0.05) is 46.4 Å². The molecule has 2 atom stereocenters. The lowest BCUT2D eigenvalue weighted by Gasteiger charge is -2.21. The van der Waals surface area contributed by atoms with Gasteiger partial charge in [-0.05, 0) is 24.7 Å². The van der Waals surface area contributed by atoms with Crippen molar-refractivity contribution >= 4 is 16.9 Å². The molecular weight excluding hydrogens is 216 g/mol. The number of thioether (sulfide) groups is 1. The molecule has 0 aromatic heterocycles. The predicted molar refractivity (Wildman–Crippen MR) is 75.2 cm³/mol. The summed E-state index contributed by atoms with van der Waals surface area (Å²) in [6.45, 7) is 12.4. The van der Waals surface area contributed by atoms with E-state index in [2.05, 4.69) is 44.9 Å². The smallest absolute Gasteiger partial charge is 0.157 e. The van der Waals surface area contributed by atoms with E-state index in [9.17, 15) is 0 Å². The summed E-state index contributed by atoms with van der Waals surface area (Å²) in [4.78, 5) is 4.61. The van der Waals surface area contributed by atoms with Gasteiger partial charge in [-0.3, -0.25) is 4.99 Å². The highest BCUT2D eigenvalue weighted by Gasteiger charge is 2.22. The van der Waals surface area contributed by atoms with Gasteiger partial charge >= 0.3 is 0 Å². The molecular formula is C13H26N2S. The molecule has 0 aromatic rings. The fourth-order valence-electron chi connectivity index (χ4n) is 2.04. The van der Waals surface area contributed by atoms with Crippen molar-refractivity contribution in [3.8, 4) is 0 Å². The zero-order valence-corrected chi connectivity index (χ0v) is 12.1. The Hall–Kier alpha value is -0.180. The highest BCUT2D eigenvalue weighted by molar-refractivity contribution is 8.14. The summed E-state index contributed by atoms with van der Waals surface area (Å²) in [6.07, 6.45) is 2.45. The molecule has 0 aromatic carbocycles. The van der Waals surface area contributed by atoms with Crippen LogP contribution >= 0.6 is 11.8 Å². The number of hydrogen-bond acceptors (Lipinski definition) is 3. The summed E-state index contributed by atoms with van der Waals surface area (Å²) in [5.74, 6) is 1.46. The lowest BCUT2D eigenvalue weighted by molar-refractivity contribution is 0.444. The number of nitrogens with one attached hydrogen (secondary N) is 1.